The highest BCUT2D eigenvalue weighted by Gasteiger charge is 2.25. The van der Waals surface area contributed by atoms with Crippen molar-refractivity contribution in [1.82, 2.24) is 4.90 Å². The zero-order chi connectivity index (χ0) is 16.2. The van der Waals surface area contributed by atoms with E-state index in [9.17, 15) is 4.79 Å². The van der Waals surface area contributed by atoms with Gasteiger partial charge in [-0.25, -0.2) is 0 Å². The lowest BCUT2D eigenvalue weighted by Gasteiger charge is -2.32. The lowest BCUT2D eigenvalue weighted by Crippen LogP contribution is -2.39. The molecule has 1 amide bonds. The number of rotatable bonds is 3. The molecular formula is C19H19Cl2NO. The van der Waals surface area contributed by atoms with Gasteiger partial charge in [0.1, 0.15) is 0 Å². The Hall–Kier alpha value is -1.51. The van der Waals surface area contributed by atoms with Gasteiger partial charge in [0.15, 0.2) is 0 Å². The van der Waals surface area contributed by atoms with E-state index in [1.54, 1.807) is 18.2 Å². The molecule has 1 aliphatic rings. The molecule has 1 heterocycles. The third kappa shape index (κ3) is 4.07. The smallest absolute Gasteiger partial charge is 0.255 e. The van der Waals surface area contributed by atoms with Crippen molar-refractivity contribution in [3.63, 3.8) is 0 Å². The van der Waals surface area contributed by atoms with Gasteiger partial charge < -0.3 is 4.90 Å². The van der Waals surface area contributed by atoms with Crippen LogP contribution in [0.3, 0.4) is 0 Å². The minimum Gasteiger partial charge on any atom is -0.339 e. The van der Waals surface area contributed by atoms with Crippen LogP contribution in [0, 0.1) is 5.92 Å². The van der Waals surface area contributed by atoms with Crippen molar-refractivity contribution >= 4 is 29.1 Å². The third-order valence-electron chi connectivity index (χ3n) is 4.43. The number of piperidine rings is 1. The largest absolute Gasteiger partial charge is 0.339 e. The van der Waals surface area contributed by atoms with Crippen molar-refractivity contribution in [3.8, 4) is 0 Å². The predicted octanol–water partition coefficient (Wildman–Crippen LogP) is 5.09. The average Bonchev–Trinajstić information content (AvgIpc) is 2.58. The number of carbonyl (C=O) groups excluding carboxylic acids is 1. The highest BCUT2D eigenvalue weighted by atomic mass is 35.5. The molecule has 1 saturated heterocycles. The maximum Gasteiger partial charge on any atom is 0.255 e. The molecule has 0 atom stereocenters. The van der Waals surface area contributed by atoms with E-state index < -0.39 is 0 Å². The topological polar surface area (TPSA) is 20.3 Å². The fraction of sp³-hybridized carbons (Fsp3) is 0.316. The monoisotopic (exact) mass is 347 g/mol. The Balaban J connectivity index is 1.60. The van der Waals surface area contributed by atoms with Crippen molar-refractivity contribution < 1.29 is 4.79 Å². The van der Waals surface area contributed by atoms with Crippen LogP contribution >= 0.6 is 23.2 Å². The highest BCUT2D eigenvalue weighted by Crippen LogP contribution is 2.26. The lowest BCUT2D eigenvalue weighted by molar-refractivity contribution is 0.0691. The summed E-state index contributed by atoms with van der Waals surface area (Å²) in [5, 5.41) is 1.00. The number of hydrogen-bond donors (Lipinski definition) is 0. The molecule has 0 bridgehead atoms. The molecule has 0 aliphatic carbocycles. The van der Waals surface area contributed by atoms with E-state index in [2.05, 4.69) is 24.3 Å². The summed E-state index contributed by atoms with van der Waals surface area (Å²) in [6.07, 6.45) is 3.14. The van der Waals surface area contributed by atoms with Gasteiger partial charge in [0.25, 0.3) is 5.91 Å². The third-order valence-corrected chi connectivity index (χ3v) is 4.99. The van der Waals surface area contributed by atoms with E-state index in [-0.39, 0.29) is 5.91 Å². The van der Waals surface area contributed by atoms with E-state index in [4.69, 9.17) is 23.2 Å². The number of likely N-dealkylation sites (tertiary alicyclic amines) is 1. The zero-order valence-corrected chi connectivity index (χ0v) is 14.4. The summed E-state index contributed by atoms with van der Waals surface area (Å²) in [5.41, 5.74) is 1.87. The van der Waals surface area contributed by atoms with E-state index in [1.807, 2.05) is 11.0 Å². The Morgan fingerprint density at radius 3 is 2.43 bits per heavy atom. The normalized spacial score (nSPS) is 15.7. The predicted molar refractivity (Wildman–Crippen MR) is 95.2 cm³/mol. The number of carbonyl (C=O) groups is 1. The Bertz CT molecular complexity index is 679. The molecule has 0 spiro atoms. The van der Waals surface area contributed by atoms with Gasteiger partial charge in [-0.2, -0.15) is 0 Å². The molecule has 0 unspecified atom stereocenters. The van der Waals surface area contributed by atoms with Gasteiger partial charge in [-0.1, -0.05) is 53.5 Å². The first-order chi connectivity index (χ1) is 11.1. The van der Waals surface area contributed by atoms with Crippen LogP contribution in [0.1, 0.15) is 28.8 Å². The van der Waals surface area contributed by atoms with Crippen LogP contribution in [0.4, 0.5) is 0 Å². The number of hydrogen-bond acceptors (Lipinski definition) is 1. The van der Waals surface area contributed by atoms with Gasteiger partial charge in [0, 0.05) is 18.1 Å². The summed E-state index contributed by atoms with van der Waals surface area (Å²) in [6, 6.07) is 15.6. The van der Waals surface area contributed by atoms with Gasteiger partial charge in [0.2, 0.25) is 0 Å². The molecule has 2 nitrogen and oxygen atoms in total. The molecule has 23 heavy (non-hydrogen) atoms. The maximum absolute atomic E-state index is 12.6. The molecule has 0 saturated carbocycles. The van der Waals surface area contributed by atoms with Gasteiger partial charge in [0.05, 0.1) is 10.6 Å². The van der Waals surface area contributed by atoms with Crippen LogP contribution in [-0.4, -0.2) is 23.9 Å². The Kier molecular flexibility index (Phi) is 5.24. The SMILES string of the molecule is O=C(c1cc(Cl)ccc1Cl)N1CCC(Cc2ccccc2)CC1. The molecule has 4 heteroatoms. The highest BCUT2D eigenvalue weighted by molar-refractivity contribution is 6.35. The Labute approximate surface area is 147 Å². The number of nitrogens with zero attached hydrogens (tertiary/aromatic N) is 1. The molecule has 120 valence electrons. The van der Waals surface area contributed by atoms with E-state index in [0.29, 0.717) is 21.5 Å². The summed E-state index contributed by atoms with van der Waals surface area (Å²) in [4.78, 5) is 14.5. The molecule has 0 radical (unpaired) electrons. The number of halogens is 2. The van der Waals surface area contributed by atoms with Crippen LogP contribution in [0.25, 0.3) is 0 Å². The molecule has 0 N–H and O–H groups in total. The summed E-state index contributed by atoms with van der Waals surface area (Å²) in [6.45, 7) is 1.55. The summed E-state index contributed by atoms with van der Waals surface area (Å²) >= 11 is 12.1. The van der Waals surface area contributed by atoms with Crippen molar-refractivity contribution in [1.29, 1.82) is 0 Å². The van der Waals surface area contributed by atoms with E-state index >= 15 is 0 Å². The molecule has 2 aromatic rings. The van der Waals surface area contributed by atoms with Crippen LogP contribution in [0.2, 0.25) is 10.0 Å². The summed E-state index contributed by atoms with van der Waals surface area (Å²) < 4.78 is 0. The van der Waals surface area contributed by atoms with Crippen LogP contribution < -0.4 is 0 Å². The second-order valence-electron chi connectivity index (χ2n) is 6.05. The second-order valence-corrected chi connectivity index (χ2v) is 6.89. The molecule has 1 fully saturated rings. The van der Waals surface area contributed by atoms with Crippen LogP contribution in [0.5, 0.6) is 0 Å². The fourth-order valence-corrected chi connectivity index (χ4v) is 3.49. The number of amides is 1. The van der Waals surface area contributed by atoms with Crippen molar-refractivity contribution in [2.24, 2.45) is 5.92 Å². The lowest BCUT2D eigenvalue weighted by atomic mass is 9.90. The number of benzene rings is 2. The van der Waals surface area contributed by atoms with Gasteiger partial charge in [-0.3, -0.25) is 4.79 Å². The Morgan fingerprint density at radius 1 is 1.04 bits per heavy atom. The second kappa shape index (κ2) is 7.37. The summed E-state index contributed by atoms with van der Waals surface area (Å²) in [5.74, 6) is 0.618. The molecule has 1 aliphatic heterocycles. The Morgan fingerprint density at radius 2 is 1.74 bits per heavy atom. The van der Waals surface area contributed by atoms with Crippen molar-refractivity contribution in [2.75, 3.05) is 13.1 Å². The quantitative estimate of drug-likeness (QED) is 0.757. The van der Waals surface area contributed by atoms with E-state index in [1.165, 1.54) is 5.56 Å². The van der Waals surface area contributed by atoms with E-state index in [0.717, 1.165) is 32.4 Å². The molecular weight excluding hydrogens is 329 g/mol. The minimum absolute atomic E-state index is 0.0179. The molecule has 2 aromatic carbocycles. The molecule has 0 aromatic heterocycles. The fourth-order valence-electron chi connectivity index (χ4n) is 3.12. The average molecular weight is 348 g/mol. The van der Waals surface area contributed by atoms with Gasteiger partial charge in [-0.05, 0) is 48.9 Å². The summed E-state index contributed by atoms with van der Waals surface area (Å²) in [7, 11) is 0. The van der Waals surface area contributed by atoms with Gasteiger partial charge in [-0.15, -0.1) is 0 Å². The first-order valence-corrected chi connectivity index (χ1v) is 8.67. The standard InChI is InChI=1S/C19H19Cl2NO/c20-16-6-7-18(21)17(13-16)19(23)22-10-8-15(9-11-22)12-14-4-2-1-3-5-14/h1-7,13,15H,8-12H2. The van der Waals surface area contributed by atoms with Crippen LogP contribution in [-0.2, 0) is 6.42 Å². The maximum atomic E-state index is 12.6. The van der Waals surface area contributed by atoms with Crippen molar-refractivity contribution in [2.45, 2.75) is 19.3 Å². The van der Waals surface area contributed by atoms with Crippen molar-refractivity contribution in [3.05, 3.63) is 69.7 Å². The molecule has 3 rings (SSSR count). The van der Waals surface area contributed by atoms with Crippen LogP contribution in [0.15, 0.2) is 48.5 Å². The van der Waals surface area contributed by atoms with Gasteiger partial charge >= 0.3 is 0 Å². The first kappa shape index (κ1) is 16.4. The minimum atomic E-state index is -0.0179. The zero-order valence-electron chi connectivity index (χ0n) is 12.8. The first-order valence-electron chi connectivity index (χ1n) is 7.92.